The van der Waals surface area contributed by atoms with Gasteiger partial charge in [0.15, 0.2) is 0 Å². The van der Waals surface area contributed by atoms with E-state index in [1.165, 1.54) is 12.1 Å². The van der Waals surface area contributed by atoms with Crippen LogP contribution in [0.15, 0.2) is 18.2 Å². The van der Waals surface area contributed by atoms with Gasteiger partial charge < -0.3 is 15.8 Å². The van der Waals surface area contributed by atoms with Crippen LogP contribution in [0.25, 0.3) is 0 Å². The Balaban J connectivity index is 2.62. The highest BCUT2D eigenvalue weighted by atomic mass is 32.1. The number of nitrogens with one attached hydrogen (secondary N) is 1. The molecule has 1 unspecified atom stereocenters. The van der Waals surface area contributed by atoms with E-state index in [-0.39, 0.29) is 29.1 Å². The first-order valence-corrected chi connectivity index (χ1v) is 6.27. The molecule has 19 heavy (non-hydrogen) atoms. The topological polar surface area (TPSA) is 64.3 Å². The van der Waals surface area contributed by atoms with Gasteiger partial charge in [-0.1, -0.05) is 12.2 Å². The highest BCUT2D eigenvalue weighted by Gasteiger charge is 2.10. The Bertz CT molecular complexity index is 480. The second-order valence-electron chi connectivity index (χ2n) is 4.19. The lowest BCUT2D eigenvalue weighted by molar-refractivity contribution is -0.116. The van der Waals surface area contributed by atoms with Crippen molar-refractivity contribution in [3.05, 3.63) is 29.6 Å². The van der Waals surface area contributed by atoms with Gasteiger partial charge in [0.2, 0.25) is 5.91 Å². The molecule has 0 saturated heterocycles. The standard InChI is InChI=1S/C13H17FN2O2S/c1-8(18-2)3-6-12(17)16-11-5-4-9(13(15)19)7-10(11)14/h4-5,7-8H,3,6H2,1-2H3,(H2,15,19)(H,16,17). The summed E-state index contributed by atoms with van der Waals surface area (Å²) in [4.78, 5) is 11.7. The number of carbonyl (C=O) groups is 1. The maximum absolute atomic E-state index is 13.7. The molecule has 1 aromatic rings. The van der Waals surface area contributed by atoms with Crippen LogP contribution in [0.1, 0.15) is 25.3 Å². The zero-order valence-corrected chi connectivity index (χ0v) is 11.7. The number of amides is 1. The SMILES string of the molecule is COC(C)CCC(=O)Nc1ccc(C(N)=S)cc1F. The molecule has 0 heterocycles. The van der Waals surface area contributed by atoms with E-state index in [1.807, 2.05) is 6.92 Å². The molecule has 0 aliphatic carbocycles. The zero-order chi connectivity index (χ0) is 14.4. The maximum atomic E-state index is 13.7. The molecule has 0 bridgehead atoms. The van der Waals surface area contributed by atoms with Crippen molar-refractivity contribution in [3.63, 3.8) is 0 Å². The van der Waals surface area contributed by atoms with Crippen molar-refractivity contribution in [3.8, 4) is 0 Å². The van der Waals surface area contributed by atoms with Crippen LogP contribution in [0.4, 0.5) is 10.1 Å². The van der Waals surface area contributed by atoms with Crippen molar-refractivity contribution < 1.29 is 13.9 Å². The molecule has 0 saturated carbocycles. The van der Waals surface area contributed by atoms with E-state index in [0.717, 1.165) is 0 Å². The van der Waals surface area contributed by atoms with Crippen LogP contribution in [0.2, 0.25) is 0 Å². The van der Waals surface area contributed by atoms with E-state index in [2.05, 4.69) is 5.32 Å². The van der Waals surface area contributed by atoms with Crippen LogP contribution < -0.4 is 11.1 Å². The molecule has 1 aromatic carbocycles. The third kappa shape index (κ3) is 4.92. The Labute approximate surface area is 117 Å². The Morgan fingerprint density at radius 3 is 2.79 bits per heavy atom. The smallest absolute Gasteiger partial charge is 0.224 e. The van der Waals surface area contributed by atoms with Gasteiger partial charge in [-0.15, -0.1) is 0 Å². The van der Waals surface area contributed by atoms with Gasteiger partial charge >= 0.3 is 0 Å². The fraction of sp³-hybridized carbons (Fsp3) is 0.385. The maximum Gasteiger partial charge on any atom is 0.224 e. The summed E-state index contributed by atoms with van der Waals surface area (Å²) in [5.41, 5.74) is 5.94. The van der Waals surface area contributed by atoms with E-state index in [0.29, 0.717) is 12.0 Å². The highest BCUT2D eigenvalue weighted by Crippen LogP contribution is 2.16. The molecular formula is C13H17FN2O2S. The predicted molar refractivity (Wildman–Crippen MR) is 76.6 cm³/mol. The molecule has 3 N–H and O–H groups in total. The van der Waals surface area contributed by atoms with E-state index in [4.69, 9.17) is 22.7 Å². The van der Waals surface area contributed by atoms with Crippen molar-refractivity contribution in [2.45, 2.75) is 25.9 Å². The fourth-order valence-corrected chi connectivity index (χ4v) is 1.56. The predicted octanol–water partition coefficient (Wildman–Crippen LogP) is 2.21. The van der Waals surface area contributed by atoms with Gasteiger partial charge in [-0.25, -0.2) is 4.39 Å². The summed E-state index contributed by atoms with van der Waals surface area (Å²) in [5.74, 6) is -0.815. The van der Waals surface area contributed by atoms with Crippen LogP contribution in [0, 0.1) is 5.82 Å². The number of hydrogen-bond donors (Lipinski definition) is 2. The van der Waals surface area contributed by atoms with Gasteiger partial charge in [0, 0.05) is 19.1 Å². The number of carbonyl (C=O) groups excluding carboxylic acids is 1. The molecule has 0 aliphatic heterocycles. The van der Waals surface area contributed by atoms with Crippen LogP contribution >= 0.6 is 12.2 Å². The van der Waals surface area contributed by atoms with Crippen molar-refractivity contribution in [2.24, 2.45) is 5.73 Å². The van der Waals surface area contributed by atoms with E-state index < -0.39 is 5.82 Å². The summed E-state index contributed by atoms with van der Waals surface area (Å²) < 4.78 is 18.7. The van der Waals surface area contributed by atoms with E-state index in [9.17, 15) is 9.18 Å². The van der Waals surface area contributed by atoms with Gasteiger partial charge in [-0.2, -0.15) is 0 Å². The van der Waals surface area contributed by atoms with Gasteiger partial charge in [0.05, 0.1) is 11.8 Å². The number of rotatable bonds is 6. The number of benzene rings is 1. The molecule has 0 fully saturated rings. The average molecular weight is 284 g/mol. The summed E-state index contributed by atoms with van der Waals surface area (Å²) in [6.07, 6.45) is 0.841. The van der Waals surface area contributed by atoms with Gasteiger partial charge in [0.25, 0.3) is 0 Å². The Kier molecular flexibility index (Phi) is 5.85. The van der Waals surface area contributed by atoms with Crippen LogP contribution in [-0.2, 0) is 9.53 Å². The third-order valence-corrected chi connectivity index (χ3v) is 2.94. The molecule has 1 rings (SSSR count). The number of methoxy groups -OCH3 is 1. The molecular weight excluding hydrogens is 267 g/mol. The first-order valence-electron chi connectivity index (χ1n) is 5.86. The summed E-state index contributed by atoms with van der Waals surface area (Å²) >= 11 is 4.75. The van der Waals surface area contributed by atoms with Gasteiger partial charge in [-0.3, -0.25) is 4.79 Å². The molecule has 6 heteroatoms. The minimum absolute atomic E-state index is 0.00686. The number of thiocarbonyl (C=S) groups is 1. The first kappa shape index (κ1) is 15.5. The summed E-state index contributed by atoms with van der Waals surface area (Å²) in [6, 6.07) is 4.22. The molecule has 1 amide bonds. The normalized spacial score (nSPS) is 11.9. The number of nitrogens with two attached hydrogens (primary N) is 1. The van der Waals surface area contributed by atoms with Crippen molar-refractivity contribution in [1.29, 1.82) is 0 Å². The third-order valence-electron chi connectivity index (χ3n) is 2.71. The number of halogens is 1. The second kappa shape index (κ2) is 7.16. The Hall–Kier alpha value is -1.53. The van der Waals surface area contributed by atoms with Crippen LogP contribution in [0.5, 0.6) is 0 Å². The van der Waals surface area contributed by atoms with Crippen LogP contribution in [-0.4, -0.2) is 24.1 Å². The van der Waals surface area contributed by atoms with Crippen molar-refractivity contribution in [2.75, 3.05) is 12.4 Å². The lowest BCUT2D eigenvalue weighted by Gasteiger charge is -2.10. The summed E-state index contributed by atoms with van der Waals surface area (Å²) in [6.45, 7) is 1.87. The molecule has 0 aromatic heterocycles. The van der Waals surface area contributed by atoms with Crippen molar-refractivity contribution in [1.82, 2.24) is 0 Å². The summed E-state index contributed by atoms with van der Waals surface area (Å²) in [7, 11) is 1.58. The lowest BCUT2D eigenvalue weighted by atomic mass is 10.1. The van der Waals surface area contributed by atoms with E-state index >= 15 is 0 Å². The zero-order valence-electron chi connectivity index (χ0n) is 10.9. The quantitative estimate of drug-likeness (QED) is 0.786. The molecule has 1 atom stereocenters. The van der Waals surface area contributed by atoms with Gasteiger partial charge in [-0.05, 0) is 31.5 Å². The highest BCUT2D eigenvalue weighted by molar-refractivity contribution is 7.80. The fourth-order valence-electron chi connectivity index (χ4n) is 1.43. The van der Waals surface area contributed by atoms with Gasteiger partial charge in [0.1, 0.15) is 10.8 Å². The molecule has 104 valence electrons. The largest absolute Gasteiger partial charge is 0.389 e. The summed E-state index contributed by atoms with van der Waals surface area (Å²) in [5, 5.41) is 2.50. The van der Waals surface area contributed by atoms with Crippen LogP contribution in [0.3, 0.4) is 0 Å². The number of hydrogen-bond acceptors (Lipinski definition) is 3. The Morgan fingerprint density at radius 1 is 1.58 bits per heavy atom. The van der Waals surface area contributed by atoms with E-state index in [1.54, 1.807) is 13.2 Å². The first-order chi connectivity index (χ1) is 8.93. The van der Waals surface area contributed by atoms with Crippen molar-refractivity contribution >= 4 is 28.8 Å². The molecule has 0 spiro atoms. The number of anilines is 1. The molecule has 0 radical (unpaired) electrons. The minimum atomic E-state index is -0.557. The second-order valence-corrected chi connectivity index (χ2v) is 4.63. The average Bonchev–Trinajstić information content (AvgIpc) is 2.38. The Morgan fingerprint density at radius 2 is 2.26 bits per heavy atom. The lowest BCUT2D eigenvalue weighted by Crippen LogP contribution is -2.16. The number of ether oxygens (including phenoxy) is 1. The monoisotopic (exact) mass is 284 g/mol. The molecule has 0 aliphatic rings. The molecule has 4 nitrogen and oxygen atoms in total. The minimum Gasteiger partial charge on any atom is -0.389 e.